The van der Waals surface area contributed by atoms with Gasteiger partial charge in [-0.1, -0.05) is 30.3 Å². The van der Waals surface area contributed by atoms with Crippen LogP contribution in [0.25, 0.3) is 0 Å². The second kappa shape index (κ2) is 9.72. The topological polar surface area (TPSA) is 93.5 Å². The van der Waals surface area contributed by atoms with E-state index < -0.39 is 10.0 Å². The third kappa shape index (κ3) is 5.22. The minimum Gasteiger partial charge on any atom is -0.375 e. The molecule has 2 aliphatic heterocycles. The standard InChI is InChI=1S/C23H32N4O4S/c1-2-26-18-21(17-25-26)32(29,30)27-11-9-23(10-12-27)15-20(8-13-31-23)14-22(28)24-16-19-6-4-3-5-7-19/h3-7,17-18,20H,2,8-16H2,1H3,(H,24,28). The van der Waals surface area contributed by atoms with E-state index in [1.165, 1.54) is 10.5 Å². The number of benzene rings is 1. The second-order valence-corrected chi connectivity index (χ2v) is 10.7. The lowest BCUT2D eigenvalue weighted by atomic mass is 9.78. The summed E-state index contributed by atoms with van der Waals surface area (Å²) in [6.07, 6.45) is 6.44. The predicted octanol–water partition coefficient (Wildman–Crippen LogP) is 2.56. The normalized spacial score (nSPS) is 21.5. The number of aryl methyl sites for hydroxylation is 1. The molecule has 2 aliphatic rings. The number of amides is 1. The Morgan fingerprint density at radius 3 is 2.69 bits per heavy atom. The third-order valence-electron chi connectivity index (χ3n) is 6.61. The van der Waals surface area contributed by atoms with Crippen molar-refractivity contribution in [2.75, 3.05) is 19.7 Å². The molecular weight excluding hydrogens is 428 g/mol. The maximum Gasteiger partial charge on any atom is 0.246 e. The van der Waals surface area contributed by atoms with Crippen molar-refractivity contribution in [3.8, 4) is 0 Å². The number of hydrogen-bond acceptors (Lipinski definition) is 5. The first kappa shape index (κ1) is 22.9. The molecule has 2 aromatic rings. The monoisotopic (exact) mass is 460 g/mol. The molecule has 1 aromatic heterocycles. The molecule has 2 fully saturated rings. The van der Waals surface area contributed by atoms with E-state index in [-0.39, 0.29) is 22.3 Å². The molecule has 3 heterocycles. The van der Waals surface area contributed by atoms with E-state index in [2.05, 4.69) is 10.4 Å². The number of nitrogens with one attached hydrogen (secondary N) is 1. The van der Waals surface area contributed by atoms with Crippen LogP contribution in [0.5, 0.6) is 0 Å². The summed E-state index contributed by atoms with van der Waals surface area (Å²) in [6, 6.07) is 9.89. The fourth-order valence-corrected chi connectivity index (χ4v) is 6.11. The fourth-order valence-electron chi connectivity index (χ4n) is 4.72. The summed E-state index contributed by atoms with van der Waals surface area (Å²) >= 11 is 0. The van der Waals surface area contributed by atoms with Crippen LogP contribution in [0.15, 0.2) is 47.6 Å². The smallest absolute Gasteiger partial charge is 0.246 e. The third-order valence-corrected chi connectivity index (χ3v) is 8.46. The summed E-state index contributed by atoms with van der Waals surface area (Å²) in [7, 11) is -3.54. The molecule has 174 valence electrons. The zero-order valence-electron chi connectivity index (χ0n) is 18.6. The highest BCUT2D eigenvalue weighted by Crippen LogP contribution is 2.39. The maximum atomic E-state index is 13.0. The molecule has 1 spiro atoms. The molecule has 1 atom stereocenters. The van der Waals surface area contributed by atoms with Crippen LogP contribution in [0, 0.1) is 5.92 Å². The van der Waals surface area contributed by atoms with Gasteiger partial charge in [0.1, 0.15) is 4.90 Å². The summed E-state index contributed by atoms with van der Waals surface area (Å²) in [5.41, 5.74) is 0.754. The van der Waals surface area contributed by atoms with Gasteiger partial charge in [-0.3, -0.25) is 9.48 Å². The van der Waals surface area contributed by atoms with E-state index in [4.69, 9.17) is 4.74 Å². The van der Waals surface area contributed by atoms with E-state index in [1.54, 1.807) is 10.9 Å². The minimum atomic E-state index is -3.54. The lowest BCUT2D eigenvalue weighted by Crippen LogP contribution is -2.51. The molecule has 1 aromatic carbocycles. The number of carbonyl (C=O) groups excluding carboxylic acids is 1. The molecule has 4 rings (SSSR count). The molecule has 0 radical (unpaired) electrons. The van der Waals surface area contributed by atoms with Crippen LogP contribution < -0.4 is 5.32 Å². The molecule has 1 unspecified atom stereocenters. The maximum absolute atomic E-state index is 13.0. The van der Waals surface area contributed by atoms with Gasteiger partial charge in [0.15, 0.2) is 0 Å². The first-order chi connectivity index (χ1) is 15.4. The van der Waals surface area contributed by atoms with Crippen LogP contribution in [-0.4, -0.2) is 53.7 Å². The number of piperidine rings is 1. The van der Waals surface area contributed by atoms with Crippen molar-refractivity contribution in [2.24, 2.45) is 5.92 Å². The summed E-state index contributed by atoms with van der Waals surface area (Å²) < 4.78 is 35.3. The van der Waals surface area contributed by atoms with Gasteiger partial charge in [-0.25, -0.2) is 8.42 Å². The number of aromatic nitrogens is 2. The van der Waals surface area contributed by atoms with Crippen molar-refractivity contribution in [1.82, 2.24) is 19.4 Å². The summed E-state index contributed by atoms with van der Waals surface area (Å²) in [6.45, 7) is 4.56. The molecule has 0 bridgehead atoms. The molecule has 1 amide bonds. The van der Waals surface area contributed by atoms with Crippen LogP contribution in [0.3, 0.4) is 0 Å². The molecule has 9 heteroatoms. The number of sulfonamides is 1. The van der Waals surface area contributed by atoms with Crippen LogP contribution in [0.1, 0.15) is 44.6 Å². The number of rotatable bonds is 7. The van der Waals surface area contributed by atoms with Crippen molar-refractivity contribution in [3.05, 3.63) is 48.3 Å². The van der Waals surface area contributed by atoms with Crippen molar-refractivity contribution < 1.29 is 17.9 Å². The highest BCUT2D eigenvalue weighted by Gasteiger charge is 2.43. The number of carbonyl (C=O) groups is 1. The molecule has 2 saturated heterocycles. The van der Waals surface area contributed by atoms with Crippen molar-refractivity contribution in [1.29, 1.82) is 0 Å². The Bertz CT molecular complexity index is 1010. The van der Waals surface area contributed by atoms with Gasteiger partial charge < -0.3 is 10.1 Å². The molecule has 8 nitrogen and oxygen atoms in total. The van der Waals surface area contributed by atoms with E-state index >= 15 is 0 Å². The van der Waals surface area contributed by atoms with Crippen molar-refractivity contribution in [2.45, 2.75) is 62.6 Å². The van der Waals surface area contributed by atoms with Gasteiger partial charge in [0.25, 0.3) is 0 Å². The Kier molecular flexibility index (Phi) is 6.97. The zero-order valence-corrected chi connectivity index (χ0v) is 19.4. The lowest BCUT2D eigenvalue weighted by molar-refractivity contribution is -0.132. The molecular formula is C23H32N4O4S. The van der Waals surface area contributed by atoms with E-state index in [9.17, 15) is 13.2 Å². The predicted molar refractivity (Wildman–Crippen MR) is 120 cm³/mol. The largest absolute Gasteiger partial charge is 0.375 e. The van der Waals surface area contributed by atoms with E-state index in [0.29, 0.717) is 52.0 Å². The minimum absolute atomic E-state index is 0.0591. The Hall–Kier alpha value is -2.23. The van der Waals surface area contributed by atoms with Crippen molar-refractivity contribution in [3.63, 3.8) is 0 Å². The SMILES string of the molecule is CCn1cc(S(=O)(=O)N2CCC3(CC2)CC(CC(=O)NCc2ccccc2)CCO3)cn1. The van der Waals surface area contributed by atoms with Crippen LogP contribution in [0.2, 0.25) is 0 Å². The average molecular weight is 461 g/mol. The van der Waals surface area contributed by atoms with E-state index in [1.807, 2.05) is 37.3 Å². The lowest BCUT2D eigenvalue weighted by Gasteiger charge is -2.45. The van der Waals surface area contributed by atoms with Crippen LogP contribution in [0.4, 0.5) is 0 Å². The number of nitrogens with zero attached hydrogens (tertiary/aromatic N) is 3. The highest BCUT2D eigenvalue weighted by molar-refractivity contribution is 7.89. The molecule has 32 heavy (non-hydrogen) atoms. The molecule has 0 aliphatic carbocycles. The van der Waals surface area contributed by atoms with Gasteiger partial charge in [-0.05, 0) is 44.1 Å². The van der Waals surface area contributed by atoms with Gasteiger partial charge in [0, 0.05) is 45.4 Å². The molecule has 0 saturated carbocycles. The van der Waals surface area contributed by atoms with Crippen LogP contribution in [-0.2, 0) is 32.6 Å². The Morgan fingerprint density at radius 2 is 2.00 bits per heavy atom. The quantitative estimate of drug-likeness (QED) is 0.685. The first-order valence-corrected chi connectivity index (χ1v) is 12.8. The molecule has 1 N–H and O–H groups in total. The Balaban J connectivity index is 1.30. The van der Waals surface area contributed by atoms with Gasteiger partial charge in [-0.15, -0.1) is 0 Å². The van der Waals surface area contributed by atoms with Gasteiger partial charge in [-0.2, -0.15) is 9.40 Å². The zero-order chi connectivity index (χ0) is 22.6. The first-order valence-electron chi connectivity index (χ1n) is 11.4. The van der Waals surface area contributed by atoms with E-state index in [0.717, 1.165) is 18.4 Å². The number of hydrogen-bond donors (Lipinski definition) is 1. The summed E-state index contributed by atoms with van der Waals surface area (Å²) in [5.74, 6) is 0.314. The summed E-state index contributed by atoms with van der Waals surface area (Å²) in [5, 5.41) is 7.11. The van der Waals surface area contributed by atoms with Gasteiger partial charge in [0.2, 0.25) is 15.9 Å². The van der Waals surface area contributed by atoms with Gasteiger partial charge in [0.05, 0.1) is 11.8 Å². The van der Waals surface area contributed by atoms with Gasteiger partial charge >= 0.3 is 0 Å². The Morgan fingerprint density at radius 1 is 1.25 bits per heavy atom. The van der Waals surface area contributed by atoms with Crippen LogP contribution >= 0.6 is 0 Å². The Labute approximate surface area is 190 Å². The number of ether oxygens (including phenoxy) is 1. The van der Waals surface area contributed by atoms with Crippen molar-refractivity contribution >= 4 is 15.9 Å². The second-order valence-electron chi connectivity index (χ2n) is 8.79. The average Bonchev–Trinajstić information content (AvgIpc) is 3.29. The fraction of sp³-hybridized carbons (Fsp3) is 0.565. The highest BCUT2D eigenvalue weighted by atomic mass is 32.2. The summed E-state index contributed by atoms with van der Waals surface area (Å²) in [4.78, 5) is 12.7.